The second kappa shape index (κ2) is 4.57. The Morgan fingerprint density at radius 1 is 1.41 bits per heavy atom. The average molecular weight is 232 g/mol. The van der Waals surface area contributed by atoms with Crippen LogP contribution in [0, 0.1) is 0 Å². The molecule has 0 fully saturated rings. The topological polar surface area (TPSA) is 49.4 Å². The van der Waals surface area contributed by atoms with E-state index in [4.69, 9.17) is 0 Å². The number of hydrogen-bond donors (Lipinski definition) is 1. The predicted molar refractivity (Wildman–Crippen MR) is 67.1 cm³/mol. The number of amides is 2. The molecule has 4 heteroatoms. The highest BCUT2D eigenvalue weighted by Gasteiger charge is 2.22. The summed E-state index contributed by atoms with van der Waals surface area (Å²) in [5.41, 5.74) is 2.89. The fourth-order valence-electron chi connectivity index (χ4n) is 2.19. The van der Waals surface area contributed by atoms with E-state index in [0.29, 0.717) is 13.0 Å². The maximum absolute atomic E-state index is 11.7. The number of carbonyl (C=O) groups is 2. The van der Waals surface area contributed by atoms with Gasteiger partial charge in [0.05, 0.1) is 0 Å². The summed E-state index contributed by atoms with van der Waals surface area (Å²) in [6.45, 7) is 4.14. The van der Waals surface area contributed by atoms with Gasteiger partial charge in [-0.05, 0) is 37.1 Å². The highest BCUT2D eigenvalue weighted by atomic mass is 16.2. The zero-order chi connectivity index (χ0) is 12.4. The summed E-state index contributed by atoms with van der Waals surface area (Å²) >= 11 is 0. The second-order valence-electron chi connectivity index (χ2n) is 4.16. The van der Waals surface area contributed by atoms with Crippen molar-refractivity contribution < 1.29 is 9.59 Å². The van der Waals surface area contributed by atoms with Crippen molar-refractivity contribution >= 4 is 23.2 Å². The van der Waals surface area contributed by atoms with Crippen LogP contribution in [-0.4, -0.2) is 18.4 Å². The van der Waals surface area contributed by atoms with E-state index in [1.165, 1.54) is 6.92 Å². The van der Waals surface area contributed by atoms with Crippen molar-refractivity contribution in [3.05, 3.63) is 23.8 Å². The zero-order valence-corrected chi connectivity index (χ0v) is 10.1. The van der Waals surface area contributed by atoms with Gasteiger partial charge in [-0.15, -0.1) is 0 Å². The van der Waals surface area contributed by atoms with Crippen LogP contribution in [0.4, 0.5) is 11.4 Å². The number of nitrogens with zero attached hydrogens (tertiary/aromatic N) is 1. The summed E-state index contributed by atoms with van der Waals surface area (Å²) in [6.07, 6.45) is 1.29. The first-order valence-electron chi connectivity index (χ1n) is 5.82. The number of fused-ring (bicyclic) bond motifs is 1. The maximum atomic E-state index is 11.7. The minimum atomic E-state index is -0.0795. The van der Waals surface area contributed by atoms with Gasteiger partial charge in [0.1, 0.15) is 0 Å². The lowest BCUT2D eigenvalue weighted by molar-refractivity contribution is -0.119. The van der Waals surface area contributed by atoms with E-state index in [1.807, 2.05) is 25.1 Å². The summed E-state index contributed by atoms with van der Waals surface area (Å²) < 4.78 is 0. The fourth-order valence-corrected chi connectivity index (χ4v) is 2.19. The monoisotopic (exact) mass is 232 g/mol. The van der Waals surface area contributed by atoms with Crippen LogP contribution >= 0.6 is 0 Å². The van der Waals surface area contributed by atoms with Crippen molar-refractivity contribution in [1.82, 2.24) is 0 Å². The van der Waals surface area contributed by atoms with Crippen molar-refractivity contribution in [2.75, 3.05) is 16.8 Å². The van der Waals surface area contributed by atoms with Crippen LogP contribution in [0.1, 0.15) is 25.8 Å². The third kappa shape index (κ3) is 2.30. The summed E-state index contributed by atoms with van der Waals surface area (Å²) in [5, 5.41) is 2.76. The third-order valence-corrected chi connectivity index (χ3v) is 2.92. The lowest BCUT2D eigenvalue weighted by atomic mass is 10.0. The summed E-state index contributed by atoms with van der Waals surface area (Å²) in [7, 11) is 0. The Bertz CT molecular complexity index is 468. The molecule has 1 aliphatic rings. The van der Waals surface area contributed by atoms with E-state index < -0.39 is 0 Å². The average Bonchev–Trinajstić information content (AvgIpc) is 2.28. The molecule has 0 atom stereocenters. The summed E-state index contributed by atoms with van der Waals surface area (Å²) in [6, 6.07) is 5.69. The largest absolute Gasteiger partial charge is 0.326 e. The Kier molecular flexibility index (Phi) is 3.13. The standard InChI is InChI=1S/C13H16N2O2/c1-3-15-12-6-5-11(14-9(2)16)8-10(12)4-7-13(15)17/h5-6,8H,3-4,7H2,1-2H3,(H,14,16). The Morgan fingerprint density at radius 3 is 2.82 bits per heavy atom. The SMILES string of the molecule is CCN1C(=O)CCc2cc(NC(C)=O)ccc21. The number of nitrogens with one attached hydrogen (secondary N) is 1. The Morgan fingerprint density at radius 2 is 2.18 bits per heavy atom. The number of aryl methyl sites for hydroxylation is 1. The van der Waals surface area contributed by atoms with Crippen molar-refractivity contribution in [2.45, 2.75) is 26.7 Å². The Labute approximate surface area is 101 Å². The lowest BCUT2D eigenvalue weighted by Gasteiger charge is -2.28. The van der Waals surface area contributed by atoms with Gasteiger partial charge in [-0.3, -0.25) is 9.59 Å². The first kappa shape index (κ1) is 11.6. The zero-order valence-electron chi connectivity index (χ0n) is 10.1. The molecule has 1 N–H and O–H groups in total. The quantitative estimate of drug-likeness (QED) is 0.847. The van der Waals surface area contributed by atoms with Crippen molar-refractivity contribution in [2.24, 2.45) is 0 Å². The van der Waals surface area contributed by atoms with Crippen LogP contribution in [0.2, 0.25) is 0 Å². The molecule has 0 spiro atoms. The van der Waals surface area contributed by atoms with Gasteiger partial charge in [-0.1, -0.05) is 0 Å². The molecule has 0 unspecified atom stereocenters. The van der Waals surface area contributed by atoms with Gasteiger partial charge in [-0.25, -0.2) is 0 Å². The molecule has 17 heavy (non-hydrogen) atoms. The number of rotatable bonds is 2. The van der Waals surface area contributed by atoms with E-state index in [9.17, 15) is 9.59 Å². The van der Waals surface area contributed by atoms with E-state index in [1.54, 1.807) is 4.90 Å². The lowest BCUT2D eigenvalue weighted by Crippen LogP contribution is -2.34. The van der Waals surface area contributed by atoms with Gasteiger partial charge in [0.25, 0.3) is 0 Å². The molecule has 0 saturated carbocycles. The van der Waals surface area contributed by atoms with Crippen LogP contribution in [0.5, 0.6) is 0 Å². The molecule has 1 heterocycles. The van der Waals surface area contributed by atoms with Crippen LogP contribution in [0.25, 0.3) is 0 Å². The van der Waals surface area contributed by atoms with E-state index in [0.717, 1.165) is 23.4 Å². The molecule has 1 aliphatic heterocycles. The first-order chi connectivity index (χ1) is 8.11. The van der Waals surface area contributed by atoms with Crippen molar-refractivity contribution in [1.29, 1.82) is 0 Å². The molecule has 1 aromatic rings. The summed E-state index contributed by atoms with van der Waals surface area (Å²) in [4.78, 5) is 24.5. The normalized spacial score (nSPS) is 14.5. The van der Waals surface area contributed by atoms with E-state index >= 15 is 0 Å². The Hall–Kier alpha value is -1.84. The van der Waals surface area contributed by atoms with Gasteiger partial charge in [0, 0.05) is 31.3 Å². The smallest absolute Gasteiger partial charge is 0.227 e. The molecule has 0 aromatic heterocycles. The molecular formula is C13H16N2O2. The second-order valence-corrected chi connectivity index (χ2v) is 4.16. The van der Waals surface area contributed by atoms with E-state index in [2.05, 4.69) is 5.32 Å². The first-order valence-corrected chi connectivity index (χ1v) is 5.82. The molecular weight excluding hydrogens is 216 g/mol. The van der Waals surface area contributed by atoms with Gasteiger partial charge in [-0.2, -0.15) is 0 Å². The molecule has 90 valence electrons. The molecule has 2 rings (SSSR count). The molecule has 0 aliphatic carbocycles. The number of anilines is 2. The number of carbonyl (C=O) groups excluding carboxylic acids is 2. The highest BCUT2D eigenvalue weighted by Crippen LogP contribution is 2.29. The third-order valence-electron chi connectivity index (χ3n) is 2.92. The number of benzene rings is 1. The Balaban J connectivity index is 2.34. The minimum absolute atomic E-state index is 0.0795. The van der Waals surface area contributed by atoms with Crippen LogP contribution in [0.15, 0.2) is 18.2 Å². The highest BCUT2D eigenvalue weighted by molar-refractivity contribution is 5.97. The number of hydrogen-bond acceptors (Lipinski definition) is 2. The van der Waals surface area contributed by atoms with Crippen molar-refractivity contribution in [3.63, 3.8) is 0 Å². The molecule has 0 saturated heterocycles. The molecule has 2 amide bonds. The molecule has 0 radical (unpaired) electrons. The van der Waals surface area contributed by atoms with E-state index in [-0.39, 0.29) is 11.8 Å². The van der Waals surface area contributed by atoms with Gasteiger partial charge in [0.15, 0.2) is 0 Å². The van der Waals surface area contributed by atoms with Gasteiger partial charge >= 0.3 is 0 Å². The van der Waals surface area contributed by atoms with Crippen LogP contribution in [-0.2, 0) is 16.0 Å². The maximum Gasteiger partial charge on any atom is 0.227 e. The predicted octanol–water partition coefficient (Wildman–Crippen LogP) is 1.94. The fraction of sp³-hybridized carbons (Fsp3) is 0.385. The van der Waals surface area contributed by atoms with Crippen LogP contribution in [0.3, 0.4) is 0 Å². The van der Waals surface area contributed by atoms with Crippen molar-refractivity contribution in [3.8, 4) is 0 Å². The molecule has 4 nitrogen and oxygen atoms in total. The van der Waals surface area contributed by atoms with Gasteiger partial charge < -0.3 is 10.2 Å². The van der Waals surface area contributed by atoms with Gasteiger partial charge in [0.2, 0.25) is 11.8 Å². The summed E-state index contributed by atoms with van der Waals surface area (Å²) in [5.74, 6) is 0.0939. The molecule has 1 aromatic carbocycles. The van der Waals surface area contributed by atoms with Crippen LogP contribution < -0.4 is 10.2 Å². The molecule has 0 bridgehead atoms. The minimum Gasteiger partial charge on any atom is -0.326 e.